The van der Waals surface area contributed by atoms with Gasteiger partial charge in [-0.3, -0.25) is 9.78 Å². The lowest BCUT2D eigenvalue weighted by Gasteiger charge is -2.02. The van der Waals surface area contributed by atoms with Gasteiger partial charge in [0.25, 0.3) is 0 Å². The van der Waals surface area contributed by atoms with Crippen molar-refractivity contribution in [3.8, 4) is 0 Å². The van der Waals surface area contributed by atoms with Crippen LogP contribution in [0.15, 0.2) is 41.3 Å². The Morgan fingerprint density at radius 1 is 1.31 bits per heavy atom. The third kappa shape index (κ3) is 2.17. The SMILES string of the molecule is Cc1cc(C(=O)c2cnccn2)ccc1Br. The number of halogens is 1. The molecule has 2 rings (SSSR count). The van der Waals surface area contributed by atoms with Crippen LogP contribution in [0.2, 0.25) is 0 Å². The van der Waals surface area contributed by atoms with Gasteiger partial charge in [0, 0.05) is 22.4 Å². The zero-order chi connectivity index (χ0) is 11.5. The molecule has 0 saturated heterocycles. The second-order valence-electron chi connectivity index (χ2n) is 3.38. The molecule has 0 fully saturated rings. The van der Waals surface area contributed by atoms with Crippen LogP contribution in [-0.4, -0.2) is 15.8 Å². The van der Waals surface area contributed by atoms with Crippen molar-refractivity contribution in [1.29, 1.82) is 0 Å². The van der Waals surface area contributed by atoms with Crippen LogP contribution in [0.25, 0.3) is 0 Å². The Labute approximate surface area is 102 Å². The number of ketones is 1. The summed E-state index contributed by atoms with van der Waals surface area (Å²) in [5.74, 6) is -0.108. The summed E-state index contributed by atoms with van der Waals surface area (Å²) < 4.78 is 0.989. The first kappa shape index (κ1) is 11.0. The van der Waals surface area contributed by atoms with Crippen LogP contribution in [0, 0.1) is 6.92 Å². The van der Waals surface area contributed by atoms with Crippen molar-refractivity contribution in [2.45, 2.75) is 6.92 Å². The Kier molecular flexibility index (Phi) is 3.10. The smallest absolute Gasteiger partial charge is 0.212 e. The summed E-state index contributed by atoms with van der Waals surface area (Å²) in [7, 11) is 0. The average molecular weight is 277 g/mol. The maximum absolute atomic E-state index is 12.0. The molecule has 0 unspecified atom stereocenters. The van der Waals surface area contributed by atoms with Gasteiger partial charge in [-0.05, 0) is 30.7 Å². The highest BCUT2D eigenvalue weighted by molar-refractivity contribution is 9.10. The van der Waals surface area contributed by atoms with E-state index in [2.05, 4.69) is 25.9 Å². The predicted molar refractivity (Wildman–Crippen MR) is 64.3 cm³/mol. The molecule has 1 aromatic carbocycles. The van der Waals surface area contributed by atoms with Gasteiger partial charge in [0.1, 0.15) is 5.69 Å². The lowest BCUT2D eigenvalue weighted by atomic mass is 10.1. The van der Waals surface area contributed by atoms with E-state index < -0.39 is 0 Å². The fourth-order valence-corrected chi connectivity index (χ4v) is 1.60. The third-order valence-corrected chi connectivity index (χ3v) is 3.11. The molecule has 0 aliphatic rings. The molecule has 0 bridgehead atoms. The Bertz CT molecular complexity index is 526. The van der Waals surface area contributed by atoms with Gasteiger partial charge in [-0.2, -0.15) is 0 Å². The molecule has 4 heteroatoms. The second kappa shape index (κ2) is 4.53. The summed E-state index contributed by atoms with van der Waals surface area (Å²) in [5, 5.41) is 0. The van der Waals surface area contributed by atoms with Crippen LogP contribution in [0.5, 0.6) is 0 Å². The number of hydrogen-bond donors (Lipinski definition) is 0. The van der Waals surface area contributed by atoms with E-state index in [0.717, 1.165) is 10.0 Å². The van der Waals surface area contributed by atoms with Gasteiger partial charge >= 0.3 is 0 Å². The number of rotatable bonds is 2. The van der Waals surface area contributed by atoms with Crippen molar-refractivity contribution in [2.75, 3.05) is 0 Å². The first-order chi connectivity index (χ1) is 7.68. The molecule has 0 spiro atoms. The van der Waals surface area contributed by atoms with E-state index in [1.165, 1.54) is 12.4 Å². The molecule has 0 radical (unpaired) electrons. The quantitative estimate of drug-likeness (QED) is 0.793. The van der Waals surface area contributed by atoms with E-state index in [1.807, 2.05) is 19.1 Å². The molecule has 1 heterocycles. The largest absolute Gasteiger partial charge is 0.287 e. The van der Waals surface area contributed by atoms with Crippen molar-refractivity contribution < 1.29 is 4.79 Å². The zero-order valence-electron chi connectivity index (χ0n) is 8.64. The molecule has 0 atom stereocenters. The summed E-state index contributed by atoms with van der Waals surface area (Å²) >= 11 is 3.40. The average Bonchev–Trinajstić information content (AvgIpc) is 2.33. The lowest BCUT2D eigenvalue weighted by molar-refractivity contribution is 0.103. The van der Waals surface area contributed by atoms with Gasteiger partial charge in [-0.25, -0.2) is 4.98 Å². The summed E-state index contributed by atoms with van der Waals surface area (Å²) in [6.07, 6.45) is 4.53. The predicted octanol–water partition coefficient (Wildman–Crippen LogP) is 2.78. The van der Waals surface area contributed by atoms with Crippen LogP contribution in [0.3, 0.4) is 0 Å². The molecule has 3 nitrogen and oxygen atoms in total. The number of aromatic nitrogens is 2. The Hall–Kier alpha value is -1.55. The van der Waals surface area contributed by atoms with Gasteiger partial charge in [0.15, 0.2) is 0 Å². The summed E-state index contributed by atoms with van der Waals surface area (Å²) in [4.78, 5) is 19.9. The maximum Gasteiger partial charge on any atom is 0.212 e. The topological polar surface area (TPSA) is 42.9 Å². The minimum atomic E-state index is -0.108. The molecule has 0 aliphatic heterocycles. The van der Waals surface area contributed by atoms with Crippen molar-refractivity contribution >= 4 is 21.7 Å². The van der Waals surface area contributed by atoms with E-state index in [0.29, 0.717) is 11.3 Å². The molecular weight excluding hydrogens is 268 g/mol. The molecule has 0 amide bonds. The number of nitrogens with zero attached hydrogens (tertiary/aromatic N) is 2. The minimum absolute atomic E-state index is 0.108. The molecule has 80 valence electrons. The maximum atomic E-state index is 12.0. The Morgan fingerprint density at radius 2 is 2.12 bits per heavy atom. The number of carbonyl (C=O) groups excluding carboxylic acids is 1. The third-order valence-electron chi connectivity index (χ3n) is 2.22. The fourth-order valence-electron chi connectivity index (χ4n) is 1.35. The Morgan fingerprint density at radius 3 is 2.75 bits per heavy atom. The molecule has 0 aliphatic carbocycles. The summed E-state index contributed by atoms with van der Waals surface area (Å²) in [5.41, 5.74) is 2.01. The number of hydrogen-bond acceptors (Lipinski definition) is 3. The second-order valence-corrected chi connectivity index (χ2v) is 4.24. The Balaban J connectivity index is 2.39. The summed E-state index contributed by atoms with van der Waals surface area (Å²) in [6, 6.07) is 5.47. The molecule has 0 N–H and O–H groups in total. The number of benzene rings is 1. The standard InChI is InChI=1S/C12H9BrN2O/c1-8-6-9(2-3-10(8)13)12(16)11-7-14-4-5-15-11/h2-7H,1H3. The summed E-state index contributed by atoms with van der Waals surface area (Å²) in [6.45, 7) is 1.94. The van der Waals surface area contributed by atoms with Crippen molar-refractivity contribution in [3.63, 3.8) is 0 Å². The van der Waals surface area contributed by atoms with E-state index >= 15 is 0 Å². The van der Waals surface area contributed by atoms with Gasteiger partial charge in [0.2, 0.25) is 5.78 Å². The van der Waals surface area contributed by atoms with Crippen LogP contribution >= 0.6 is 15.9 Å². The van der Waals surface area contributed by atoms with Crippen molar-refractivity contribution in [1.82, 2.24) is 9.97 Å². The van der Waals surface area contributed by atoms with Gasteiger partial charge < -0.3 is 0 Å². The normalized spacial score (nSPS) is 10.1. The van der Waals surface area contributed by atoms with E-state index in [1.54, 1.807) is 12.3 Å². The number of aryl methyl sites for hydroxylation is 1. The molecule has 16 heavy (non-hydrogen) atoms. The van der Waals surface area contributed by atoms with Crippen LogP contribution in [0.4, 0.5) is 0 Å². The van der Waals surface area contributed by atoms with Gasteiger partial charge in [0.05, 0.1) is 6.20 Å². The van der Waals surface area contributed by atoms with Crippen molar-refractivity contribution in [3.05, 3.63) is 58.1 Å². The highest BCUT2D eigenvalue weighted by Crippen LogP contribution is 2.18. The molecule has 0 saturated carbocycles. The monoisotopic (exact) mass is 276 g/mol. The van der Waals surface area contributed by atoms with Crippen LogP contribution in [0.1, 0.15) is 21.6 Å². The van der Waals surface area contributed by atoms with E-state index in [-0.39, 0.29) is 5.78 Å². The first-order valence-corrected chi connectivity index (χ1v) is 5.54. The lowest BCUT2D eigenvalue weighted by Crippen LogP contribution is -2.04. The van der Waals surface area contributed by atoms with E-state index in [9.17, 15) is 4.79 Å². The molecular formula is C12H9BrN2O. The van der Waals surface area contributed by atoms with Crippen molar-refractivity contribution in [2.24, 2.45) is 0 Å². The molecule has 1 aromatic heterocycles. The van der Waals surface area contributed by atoms with E-state index in [4.69, 9.17) is 0 Å². The van der Waals surface area contributed by atoms with Crippen LogP contribution in [-0.2, 0) is 0 Å². The van der Waals surface area contributed by atoms with Gasteiger partial charge in [-0.1, -0.05) is 15.9 Å². The molecule has 2 aromatic rings. The van der Waals surface area contributed by atoms with Crippen LogP contribution < -0.4 is 0 Å². The zero-order valence-corrected chi connectivity index (χ0v) is 10.2. The number of carbonyl (C=O) groups is 1. The fraction of sp³-hybridized carbons (Fsp3) is 0.0833. The highest BCUT2D eigenvalue weighted by atomic mass is 79.9. The van der Waals surface area contributed by atoms with Gasteiger partial charge in [-0.15, -0.1) is 0 Å². The minimum Gasteiger partial charge on any atom is -0.287 e. The first-order valence-electron chi connectivity index (χ1n) is 4.75. The highest BCUT2D eigenvalue weighted by Gasteiger charge is 2.10.